The summed E-state index contributed by atoms with van der Waals surface area (Å²) in [4.78, 5) is 12.8. The second-order valence-electron chi connectivity index (χ2n) is 7.57. The van der Waals surface area contributed by atoms with Crippen LogP contribution in [-0.4, -0.2) is 32.3 Å². The number of methoxy groups -OCH3 is 1. The minimum Gasteiger partial charge on any atom is -0.495 e. The van der Waals surface area contributed by atoms with E-state index in [1.165, 1.54) is 0 Å². The van der Waals surface area contributed by atoms with Crippen LogP contribution in [0.5, 0.6) is 11.5 Å². The molecule has 0 radical (unpaired) electrons. The van der Waals surface area contributed by atoms with Gasteiger partial charge in [-0.15, -0.1) is 0 Å². The average molecular weight is 417 g/mol. The van der Waals surface area contributed by atoms with E-state index in [9.17, 15) is 4.79 Å². The molecule has 0 saturated carbocycles. The molecule has 1 aromatic heterocycles. The van der Waals surface area contributed by atoms with Gasteiger partial charge in [0.15, 0.2) is 0 Å². The monoisotopic (exact) mass is 417 g/mol. The molecule has 1 aliphatic rings. The number of fused-ring (bicyclic) bond motifs is 3. The molecule has 1 saturated heterocycles. The van der Waals surface area contributed by atoms with Crippen LogP contribution in [0.3, 0.4) is 0 Å². The number of benzene rings is 3. The maximum Gasteiger partial charge on any atom is 0.255 e. The van der Waals surface area contributed by atoms with Gasteiger partial charge in [-0.25, -0.2) is 0 Å². The average Bonchev–Trinajstić information content (AvgIpc) is 3.45. The number of nitrogens with one attached hydrogen (secondary N) is 1. The van der Waals surface area contributed by atoms with Gasteiger partial charge >= 0.3 is 0 Å². The van der Waals surface area contributed by atoms with Gasteiger partial charge in [0.25, 0.3) is 5.91 Å². The summed E-state index contributed by atoms with van der Waals surface area (Å²) in [5, 5.41) is 4.88. The largest absolute Gasteiger partial charge is 0.495 e. The SMILES string of the molecule is COc1cc2c(cc1NC(=O)c1ccc(OC[C@H]3CCCO3)cc1)oc1ccccc12. The molecule has 158 valence electrons. The normalized spacial score (nSPS) is 16.0. The second kappa shape index (κ2) is 8.32. The van der Waals surface area contributed by atoms with Crippen molar-refractivity contribution in [1.29, 1.82) is 0 Å². The first-order chi connectivity index (χ1) is 15.2. The third-order valence-corrected chi connectivity index (χ3v) is 5.52. The Balaban J connectivity index is 1.33. The maximum atomic E-state index is 12.8. The first-order valence-corrected chi connectivity index (χ1v) is 10.4. The number of ether oxygens (including phenoxy) is 3. The molecule has 2 heterocycles. The van der Waals surface area contributed by atoms with Crippen LogP contribution >= 0.6 is 0 Å². The van der Waals surface area contributed by atoms with Crippen molar-refractivity contribution in [3.05, 3.63) is 66.2 Å². The van der Waals surface area contributed by atoms with Crippen LogP contribution in [0.4, 0.5) is 5.69 Å². The Hall–Kier alpha value is -3.51. The van der Waals surface area contributed by atoms with Crippen molar-refractivity contribution in [3.63, 3.8) is 0 Å². The molecule has 0 unspecified atom stereocenters. The van der Waals surface area contributed by atoms with E-state index in [-0.39, 0.29) is 12.0 Å². The molecule has 0 bridgehead atoms. The lowest BCUT2D eigenvalue weighted by Gasteiger charge is -2.12. The predicted octanol–water partition coefficient (Wildman–Crippen LogP) is 5.40. The quantitative estimate of drug-likeness (QED) is 0.455. The van der Waals surface area contributed by atoms with Crippen LogP contribution in [0.2, 0.25) is 0 Å². The Labute approximate surface area is 179 Å². The van der Waals surface area contributed by atoms with Gasteiger partial charge in [-0.2, -0.15) is 0 Å². The van der Waals surface area contributed by atoms with E-state index in [0.29, 0.717) is 34.9 Å². The summed E-state index contributed by atoms with van der Waals surface area (Å²) in [6, 6.07) is 18.6. The molecule has 6 heteroatoms. The highest BCUT2D eigenvalue weighted by Gasteiger charge is 2.17. The Morgan fingerprint density at radius 1 is 1.06 bits per heavy atom. The molecule has 6 nitrogen and oxygen atoms in total. The number of para-hydroxylation sites is 1. The first kappa shape index (κ1) is 19.5. The third-order valence-electron chi connectivity index (χ3n) is 5.52. The molecule has 1 atom stereocenters. The van der Waals surface area contributed by atoms with Crippen molar-refractivity contribution in [2.24, 2.45) is 0 Å². The number of rotatable bonds is 6. The van der Waals surface area contributed by atoms with Crippen LogP contribution in [-0.2, 0) is 4.74 Å². The molecule has 5 rings (SSSR count). The van der Waals surface area contributed by atoms with Crippen LogP contribution in [0, 0.1) is 0 Å². The van der Waals surface area contributed by atoms with Gasteiger partial charge in [-0.1, -0.05) is 18.2 Å². The number of furan rings is 1. The second-order valence-corrected chi connectivity index (χ2v) is 7.57. The molecule has 1 fully saturated rings. The highest BCUT2D eigenvalue weighted by Crippen LogP contribution is 2.36. The molecule has 1 N–H and O–H groups in total. The lowest BCUT2D eigenvalue weighted by atomic mass is 10.1. The highest BCUT2D eigenvalue weighted by atomic mass is 16.5. The van der Waals surface area contributed by atoms with E-state index in [4.69, 9.17) is 18.6 Å². The standard InChI is InChI=1S/C25H23NO5/c1-28-24-13-20-19-6-2-3-7-22(19)31-23(20)14-21(24)26-25(27)16-8-10-17(11-9-16)30-15-18-5-4-12-29-18/h2-3,6-11,13-14,18H,4-5,12,15H2,1H3,(H,26,27)/t18-/m1/s1. The summed E-state index contributed by atoms with van der Waals surface area (Å²) in [5.74, 6) is 1.05. The van der Waals surface area contributed by atoms with Gasteiger partial charge < -0.3 is 23.9 Å². The van der Waals surface area contributed by atoms with Gasteiger partial charge in [0, 0.05) is 29.0 Å². The Morgan fingerprint density at radius 3 is 2.68 bits per heavy atom. The maximum absolute atomic E-state index is 12.8. The molecule has 1 amide bonds. The number of carbonyl (C=O) groups is 1. The molecule has 0 aliphatic carbocycles. The zero-order chi connectivity index (χ0) is 21.2. The van der Waals surface area contributed by atoms with Gasteiger partial charge in [0.1, 0.15) is 29.3 Å². The van der Waals surface area contributed by atoms with Crippen molar-refractivity contribution in [2.75, 3.05) is 25.6 Å². The lowest BCUT2D eigenvalue weighted by Crippen LogP contribution is -2.16. The Morgan fingerprint density at radius 2 is 1.90 bits per heavy atom. The highest BCUT2D eigenvalue weighted by molar-refractivity contribution is 6.10. The predicted molar refractivity (Wildman–Crippen MR) is 119 cm³/mol. The molecule has 3 aromatic carbocycles. The summed E-state index contributed by atoms with van der Waals surface area (Å²) in [5.41, 5.74) is 2.56. The first-order valence-electron chi connectivity index (χ1n) is 10.4. The van der Waals surface area contributed by atoms with Gasteiger partial charge in [0.2, 0.25) is 0 Å². The van der Waals surface area contributed by atoms with E-state index >= 15 is 0 Å². The number of carbonyl (C=O) groups excluding carboxylic acids is 1. The fourth-order valence-electron chi connectivity index (χ4n) is 3.88. The minimum absolute atomic E-state index is 0.156. The van der Waals surface area contributed by atoms with Crippen molar-refractivity contribution < 1.29 is 23.4 Å². The Bertz CT molecular complexity index is 1220. The number of amides is 1. The van der Waals surface area contributed by atoms with Crippen LogP contribution in [0.15, 0.2) is 65.1 Å². The zero-order valence-corrected chi connectivity index (χ0v) is 17.2. The molecule has 1 aliphatic heterocycles. The van der Waals surface area contributed by atoms with Crippen molar-refractivity contribution in [2.45, 2.75) is 18.9 Å². The minimum atomic E-state index is -0.237. The molecule has 0 spiro atoms. The van der Waals surface area contributed by atoms with Crippen LogP contribution in [0.1, 0.15) is 23.2 Å². The van der Waals surface area contributed by atoms with E-state index in [1.807, 2.05) is 30.3 Å². The van der Waals surface area contributed by atoms with Crippen LogP contribution < -0.4 is 14.8 Å². The smallest absolute Gasteiger partial charge is 0.255 e. The number of hydrogen-bond donors (Lipinski definition) is 1. The van der Waals surface area contributed by atoms with E-state index in [0.717, 1.165) is 35.8 Å². The van der Waals surface area contributed by atoms with Crippen molar-refractivity contribution >= 4 is 33.5 Å². The molecule has 31 heavy (non-hydrogen) atoms. The molecule has 4 aromatic rings. The van der Waals surface area contributed by atoms with Gasteiger partial charge in [-0.3, -0.25) is 4.79 Å². The van der Waals surface area contributed by atoms with Crippen molar-refractivity contribution in [1.82, 2.24) is 0 Å². The summed E-state index contributed by atoms with van der Waals surface area (Å²) in [6.07, 6.45) is 2.26. The third kappa shape index (κ3) is 3.94. The molecular weight excluding hydrogens is 394 g/mol. The fourth-order valence-corrected chi connectivity index (χ4v) is 3.88. The number of hydrogen-bond acceptors (Lipinski definition) is 5. The summed E-state index contributed by atoms with van der Waals surface area (Å²) in [6.45, 7) is 1.33. The van der Waals surface area contributed by atoms with Crippen molar-refractivity contribution in [3.8, 4) is 11.5 Å². The zero-order valence-electron chi connectivity index (χ0n) is 17.2. The fraction of sp³-hybridized carbons (Fsp3) is 0.240. The lowest BCUT2D eigenvalue weighted by molar-refractivity contribution is 0.0679. The summed E-state index contributed by atoms with van der Waals surface area (Å²) >= 11 is 0. The van der Waals surface area contributed by atoms with E-state index in [2.05, 4.69) is 5.32 Å². The molecular formula is C25H23NO5. The van der Waals surface area contributed by atoms with Gasteiger partial charge in [-0.05, 0) is 49.2 Å². The Kier molecular flexibility index (Phi) is 5.22. The summed E-state index contributed by atoms with van der Waals surface area (Å²) in [7, 11) is 1.58. The van der Waals surface area contributed by atoms with Crippen LogP contribution in [0.25, 0.3) is 21.9 Å². The summed E-state index contributed by atoms with van der Waals surface area (Å²) < 4.78 is 22.8. The van der Waals surface area contributed by atoms with E-state index in [1.54, 1.807) is 37.4 Å². The van der Waals surface area contributed by atoms with E-state index < -0.39 is 0 Å². The number of anilines is 1. The topological polar surface area (TPSA) is 69.9 Å². The van der Waals surface area contributed by atoms with Gasteiger partial charge in [0.05, 0.1) is 18.9 Å².